The van der Waals surface area contributed by atoms with E-state index in [4.69, 9.17) is 17.3 Å². The van der Waals surface area contributed by atoms with Crippen LogP contribution in [0.15, 0.2) is 24.4 Å². The topological polar surface area (TPSA) is 88.3 Å². The number of piperidine rings is 1. The van der Waals surface area contributed by atoms with Gasteiger partial charge in [-0.2, -0.15) is 0 Å². The van der Waals surface area contributed by atoms with Crippen molar-refractivity contribution < 1.29 is 18.4 Å². The molecule has 0 unspecified atom stereocenters. The van der Waals surface area contributed by atoms with Crippen molar-refractivity contribution in [2.75, 3.05) is 17.6 Å². The van der Waals surface area contributed by atoms with Crippen LogP contribution in [0.1, 0.15) is 36.4 Å². The molecular formula is C19H19ClF2N4O2. The monoisotopic (exact) mass is 408 g/mol. The number of hydrogen-bond donors (Lipinski definition) is 2. The summed E-state index contributed by atoms with van der Waals surface area (Å²) in [5, 5.41) is 2.14. The average molecular weight is 409 g/mol. The van der Waals surface area contributed by atoms with Gasteiger partial charge in [0.2, 0.25) is 0 Å². The van der Waals surface area contributed by atoms with Crippen LogP contribution in [0.5, 0.6) is 0 Å². The zero-order valence-electron chi connectivity index (χ0n) is 15.1. The van der Waals surface area contributed by atoms with E-state index in [1.54, 1.807) is 13.0 Å². The van der Waals surface area contributed by atoms with Crippen LogP contribution in [0.4, 0.5) is 20.3 Å². The molecule has 0 spiro atoms. The molecule has 0 aliphatic carbocycles. The molecule has 1 fully saturated rings. The van der Waals surface area contributed by atoms with E-state index in [2.05, 4.69) is 10.3 Å². The van der Waals surface area contributed by atoms with Crippen molar-refractivity contribution >= 4 is 34.9 Å². The van der Waals surface area contributed by atoms with Gasteiger partial charge in [0.25, 0.3) is 0 Å². The smallest absolute Gasteiger partial charge is 0.313 e. The summed E-state index contributed by atoms with van der Waals surface area (Å²) in [5.74, 6) is -3.50. The van der Waals surface area contributed by atoms with Crippen molar-refractivity contribution in [2.24, 2.45) is 0 Å². The molecular weight excluding hydrogens is 390 g/mol. The molecule has 1 saturated heterocycles. The first kappa shape index (κ1) is 20.0. The average Bonchev–Trinajstić information content (AvgIpc) is 2.68. The molecule has 0 bridgehead atoms. The predicted molar refractivity (Wildman–Crippen MR) is 102 cm³/mol. The van der Waals surface area contributed by atoms with Crippen LogP contribution in [0.25, 0.3) is 0 Å². The summed E-state index contributed by atoms with van der Waals surface area (Å²) >= 11 is 5.75. The van der Waals surface area contributed by atoms with Crippen molar-refractivity contribution in [3.63, 3.8) is 0 Å². The van der Waals surface area contributed by atoms with Gasteiger partial charge < -0.3 is 16.0 Å². The van der Waals surface area contributed by atoms with Crippen molar-refractivity contribution in [1.29, 1.82) is 0 Å². The molecule has 2 heterocycles. The summed E-state index contributed by atoms with van der Waals surface area (Å²) in [6, 6.07) is 3.35. The number of carbonyl (C=O) groups excluding carboxylic acids is 2. The number of amides is 2. The van der Waals surface area contributed by atoms with Gasteiger partial charge in [0.15, 0.2) is 11.6 Å². The zero-order chi connectivity index (χ0) is 20.4. The fourth-order valence-electron chi connectivity index (χ4n) is 3.26. The number of nitrogens with zero attached hydrogens (tertiary/aromatic N) is 2. The third-order valence-corrected chi connectivity index (χ3v) is 5.00. The number of likely N-dealkylation sites (tertiary alicyclic amines) is 1. The Morgan fingerprint density at radius 1 is 1.29 bits per heavy atom. The lowest BCUT2D eigenvalue weighted by Gasteiger charge is -2.35. The maximum atomic E-state index is 13.8. The summed E-state index contributed by atoms with van der Waals surface area (Å²) < 4.78 is 27.3. The Hall–Kier alpha value is -2.74. The second-order valence-corrected chi connectivity index (χ2v) is 7.10. The Bertz CT molecular complexity index is 915. The minimum atomic E-state index is -1.14. The first-order chi connectivity index (χ1) is 13.3. The highest BCUT2D eigenvalue weighted by Gasteiger charge is 2.32. The SMILES string of the molecule is Cc1cc(NC(=O)C(=O)N2CCCC[C@H]2c2cc(F)c(F)c(Cl)c2)cnc1N. The van der Waals surface area contributed by atoms with Crippen molar-refractivity contribution in [3.05, 3.63) is 52.2 Å². The van der Waals surface area contributed by atoms with E-state index < -0.39 is 29.5 Å². The maximum absolute atomic E-state index is 13.8. The highest BCUT2D eigenvalue weighted by atomic mass is 35.5. The van der Waals surface area contributed by atoms with Gasteiger partial charge >= 0.3 is 11.8 Å². The van der Waals surface area contributed by atoms with E-state index in [9.17, 15) is 18.4 Å². The molecule has 28 heavy (non-hydrogen) atoms. The molecule has 1 aromatic heterocycles. The van der Waals surface area contributed by atoms with Gasteiger partial charge in [0.05, 0.1) is 22.9 Å². The molecule has 6 nitrogen and oxygen atoms in total. The van der Waals surface area contributed by atoms with Crippen molar-refractivity contribution in [3.8, 4) is 0 Å². The van der Waals surface area contributed by atoms with Crippen molar-refractivity contribution in [2.45, 2.75) is 32.2 Å². The largest absolute Gasteiger partial charge is 0.383 e. The quantitative estimate of drug-likeness (QED) is 0.587. The number of pyridine rings is 1. The Labute approximate surface area is 165 Å². The number of nitrogens with one attached hydrogen (secondary N) is 1. The molecule has 1 aromatic carbocycles. The maximum Gasteiger partial charge on any atom is 0.313 e. The number of carbonyl (C=O) groups is 2. The van der Waals surface area contributed by atoms with Gasteiger partial charge in [0, 0.05) is 6.54 Å². The van der Waals surface area contributed by atoms with E-state index in [-0.39, 0.29) is 5.02 Å². The van der Waals surface area contributed by atoms with E-state index in [0.717, 1.165) is 12.5 Å². The van der Waals surface area contributed by atoms with Crippen LogP contribution in [-0.4, -0.2) is 28.2 Å². The van der Waals surface area contributed by atoms with Gasteiger partial charge in [-0.1, -0.05) is 11.6 Å². The van der Waals surface area contributed by atoms with Crippen LogP contribution in [0, 0.1) is 18.6 Å². The molecule has 9 heteroatoms. The molecule has 148 valence electrons. The zero-order valence-corrected chi connectivity index (χ0v) is 15.9. The summed E-state index contributed by atoms with van der Waals surface area (Å²) in [7, 11) is 0. The van der Waals surface area contributed by atoms with Crippen LogP contribution < -0.4 is 11.1 Å². The van der Waals surface area contributed by atoms with E-state index in [1.165, 1.54) is 17.2 Å². The minimum absolute atomic E-state index is 0.326. The van der Waals surface area contributed by atoms with Crippen LogP contribution in [-0.2, 0) is 9.59 Å². The molecule has 3 N–H and O–H groups in total. The Balaban J connectivity index is 1.82. The second kappa shape index (κ2) is 8.10. The number of halogens is 3. The molecule has 1 aliphatic rings. The number of benzene rings is 1. The number of nitrogens with two attached hydrogens (primary N) is 1. The molecule has 1 atom stereocenters. The summed E-state index contributed by atoms with van der Waals surface area (Å²) in [5.41, 5.74) is 7.01. The number of nitrogen functional groups attached to an aromatic ring is 1. The minimum Gasteiger partial charge on any atom is -0.383 e. The lowest BCUT2D eigenvalue weighted by atomic mass is 9.95. The highest BCUT2D eigenvalue weighted by Crippen LogP contribution is 2.34. The number of aryl methyl sites for hydroxylation is 1. The van der Waals surface area contributed by atoms with Crippen LogP contribution in [0.3, 0.4) is 0 Å². The lowest BCUT2D eigenvalue weighted by molar-refractivity contribution is -0.145. The number of aromatic nitrogens is 1. The summed E-state index contributed by atoms with van der Waals surface area (Å²) in [4.78, 5) is 30.5. The Kier molecular flexibility index (Phi) is 5.79. The number of hydrogen-bond acceptors (Lipinski definition) is 4. The molecule has 3 rings (SSSR count). The van der Waals surface area contributed by atoms with E-state index >= 15 is 0 Å². The van der Waals surface area contributed by atoms with E-state index in [1.807, 2.05) is 0 Å². The van der Waals surface area contributed by atoms with Gasteiger partial charge in [-0.15, -0.1) is 0 Å². The fraction of sp³-hybridized carbons (Fsp3) is 0.316. The third kappa shape index (κ3) is 4.06. The Morgan fingerprint density at radius 2 is 2.04 bits per heavy atom. The van der Waals surface area contributed by atoms with Gasteiger partial charge in [0.1, 0.15) is 5.82 Å². The number of anilines is 2. The predicted octanol–water partition coefficient (Wildman–Crippen LogP) is 3.60. The van der Waals surface area contributed by atoms with Gasteiger partial charge in [-0.25, -0.2) is 13.8 Å². The molecule has 2 amide bonds. The fourth-order valence-corrected chi connectivity index (χ4v) is 3.47. The van der Waals surface area contributed by atoms with E-state index in [0.29, 0.717) is 42.0 Å². The molecule has 2 aromatic rings. The Morgan fingerprint density at radius 3 is 2.71 bits per heavy atom. The van der Waals surface area contributed by atoms with Crippen molar-refractivity contribution in [1.82, 2.24) is 9.88 Å². The van der Waals surface area contributed by atoms with Crippen LogP contribution >= 0.6 is 11.6 Å². The molecule has 0 radical (unpaired) electrons. The van der Waals surface area contributed by atoms with Gasteiger partial charge in [-0.05, 0) is 55.5 Å². The second-order valence-electron chi connectivity index (χ2n) is 6.69. The first-order valence-corrected chi connectivity index (χ1v) is 9.14. The lowest BCUT2D eigenvalue weighted by Crippen LogP contribution is -2.44. The van der Waals surface area contributed by atoms with Crippen LogP contribution in [0.2, 0.25) is 5.02 Å². The molecule has 1 aliphatic heterocycles. The molecule has 0 saturated carbocycles. The standard InChI is InChI=1S/C19H19ClF2N4O2/c1-10-6-12(9-24-17(10)23)25-18(27)19(28)26-5-3-2-4-15(26)11-7-13(20)16(22)14(21)8-11/h6-9,15H,2-5H2,1H3,(H2,23,24)(H,25,27)/t15-/m0/s1. The summed E-state index contributed by atoms with van der Waals surface area (Å²) in [6.45, 7) is 2.06. The highest BCUT2D eigenvalue weighted by molar-refractivity contribution is 6.39. The van der Waals surface area contributed by atoms with Gasteiger partial charge in [-0.3, -0.25) is 9.59 Å². The normalized spacial score (nSPS) is 16.7. The summed E-state index contributed by atoms with van der Waals surface area (Å²) in [6.07, 6.45) is 3.36. The third-order valence-electron chi connectivity index (χ3n) is 4.73. The number of rotatable bonds is 2. The first-order valence-electron chi connectivity index (χ1n) is 8.76.